The second-order valence-electron chi connectivity index (χ2n) is 15.5. The predicted octanol–water partition coefficient (Wildman–Crippen LogP) is 5.18. The molecule has 0 unspecified atom stereocenters. The van der Waals surface area contributed by atoms with E-state index in [9.17, 15) is 23.4 Å². The van der Waals surface area contributed by atoms with Crippen LogP contribution in [0.4, 0.5) is 4.79 Å². The van der Waals surface area contributed by atoms with Gasteiger partial charge < -0.3 is 38.3 Å². The van der Waals surface area contributed by atoms with Gasteiger partial charge in [0.1, 0.15) is 12.4 Å². The minimum Gasteiger partial charge on any atom is -0.491 e. The van der Waals surface area contributed by atoms with Crippen LogP contribution in [-0.4, -0.2) is 113 Å². The second-order valence-corrected chi connectivity index (χ2v) is 22.2. The molecule has 2 saturated heterocycles. The molecule has 0 spiro atoms. The van der Waals surface area contributed by atoms with Crippen molar-refractivity contribution in [3.05, 3.63) is 48.0 Å². The van der Waals surface area contributed by atoms with Crippen LogP contribution in [0.5, 0.6) is 17.2 Å². The summed E-state index contributed by atoms with van der Waals surface area (Å²) in [6, 6.07) is 10.1. The number of fused-ring (bicyclic) bond motifs is 2. The zero-order valence-corrected chi connectivity index (χ0v) is 32.6. The molecule has 0 aliphatic carbocycles. The summed E-state index contributed by atoms with van der Waals surface area (Å²) < 4.78 is 63.9. The first kappa shape index (κ1) is 39.3. The van der Waals surface area contributed by atoms with Crippen molar-refractivity contribution in [1.82, 2.24) is 9.21 Å². The molecule has 0 aromatic heterocycles. The largest absolute Gasteiger partial charge is 0.491 e. The lowest BCUT2D eigenvalue weighted by molar-refractivity contribution is -0.0906. The van der Waals surface area contributed by atoms with Crippen LogP contribution in [0.15, 0.2) is 47.4 Å². The lowest BCUT2D eigenvalue weighted by Gasteiger charge is -2.39. The highest BCUT2D eigenvalue weighted by atomic mass is 32.2. The molecule has 0 bridgehead atoms. The third-order valence-electron chi connectivity index (χ3n) is 10.3. The Kier molecular flexibility index (Phi) is 12.3. The molecule has 2 N–H and O–H groups in total. The van der Waals surface area contributed by atoms with Crippen LogP contribution in [0.2, 0.25) is 18.1 Å². The van der Waals surface area contributed by atoms with E-state index in [0.717, 1.165) is 5.56 Å². The Morgan fingerprint density at radius 1 is 1.02 bits per heavy atom. The number of carbonyl (C=O) groups is 1. The van der Waals surface area contributed by atoms with Gasteiger partial charge in [-0.3, -0.25) is 4.90 Å². The van der Waals surface area contributed by atoms with Gasteiger partial charge in [-0.15, -0.1) is 0 Å². The molecule has 0 saturated carbocycles. The van der Waals surface area contributed by atoms with Crippen LogP contribution >= 0.6 is 0 Å². The number of aliphatic hydroxyl groups is 1. The molecule has 2 fully saturated rings. The number of ether oxygens (including phenoxy) is 5. The summed E-state index contributed by atoms with van der Waals surface area (Å²) in [5, 5.41) is 22.8. The number of hydrogen-bond acceptors (Lipinski definition) is 10. The molecule has 2 aromatic carbocycles. The van der Waals surface area contributed by atoms with Gasteiger partial charge in [0, 0.05) is 25.1 Å². The smallest absolute Gasteiger partial charge is 0.407 e. The van der Waals surface area contributed by atoms with Gasteiger partial charge in [0.15, 0.2) is 26.1 Å². The fourth-order valence-electron chi connectivity index (χ4n) is 6.51. The van der Waals surface area contributed by atoms with E-state index in [0.29, 0.717) is 43.5 Å². The average molecular weight is 751 g/mol. The Morgan fingerprint density at radius 3 is 2.39 bits per heavy atom. The van der Waals surface area contributed by atoms with Crippen molar-refractivity contribution in [2.24, 2.45) is 11.8 Å². The summed E-state index contributed by atoms with van der Waals surface area (Å²) in [6.45, 7) is 15.9. The normalized spacial score (nSPS) is 21.6. The molecular formula is C36H54N2O11SSi. The van der Waals surface area contributed by atoms with E-state index in [2.05, 4.69) is 33.9 Å². The van der Waals surface area contributed by atoms with Crippen molar-refractivity contribution in [1.29, 1.82) is 0 Å². The highest BCUT2D eigenvalue weighted by Gasteiger charge is 2.49. The summed E-state index contributed by atoms with van der Waals surface area (Å²) in [5.74, 6) is 1.11. The maximum Gasteiger partial charge on any atom is 0.407 e. The van der Waals surface area contributed by atoms with Crippen LogP contribution in [0.3, 0.4) is 0 Å². The number of aliphatic hydroxyl groups excluding tert-OH is 1. The zero-order chi connectivity index (χ0) is 37.1. The minimum atomic E-state index is -4.13. The van der Waals surface area contributed by atoms with Gasteiger partial charge in [-0.05, 0) is 66.7 Å². The van der Waals surface area contributed by atoms with Crippen molar-refractivity contribution in [3.63, 3.8) is 0 Å². The molecule has 3 aliphatic rings. The van der Waals surface area contributed by atoms with Crippen LogP contribution in [0.1, 0.15) is 46.6 Å². The molecule has 13 nitrogen and oxygen atoms in total. The third kappa shape index (κ3) is 9.18. The Hall–Kier alpha value is -2.92. The van der Waals surface area contributed by atoms with Gasteiger partial charge in [0.25, 0.3) is 0 Å². The number of nitrogens with zero attached hydrogens (tertiary/aromatic N) is 2. The molecule has 284 valence electrons. The summed E-state index contributed by atoms with van der Waals surface area (Å²) in [6.07, 6.45) is -2.40. The van der Waals surface area contributed by atoms with E-state index in [1.54, 1.807) is 6.07 Å². The van der Waals surface area contributed by atoms with E-state index >= 15 is 0 Å². The van der Waals surface area contributed by atoms with E-state index in [-0.39, 0.29) is 54.7 Å². The minimum absolute atomic E-state index is 0.00353. The van der Waals surface area contributed by atoms with Gasteiger partial charge in [-0.1, -0.05) is 46.8 Å². The Balaban J connectivity index is 1.37. The molecule has 0 radical (unpaired) electrons. The lowest BCUT2D eigenvalue weighted by atomic mass is 9.93. The van der Waals surface area contributed by atoms with E-state index < -0.39 is 48.9 Å². The molecule has 3 aliphatic heterocycles. The molecule has 2 aromatic rings. The molecule has 5 atom stereocenters. The lowest BCUT2D eigenvalue weighted by Crippen LogP contribution is -2.57. The first-order valence-corrected chi connectivity index (χ1v) is 22.0. The number of amides is 1. The van der Waals surface area contributed by atoms with E-state index in [1.807, 2.05) is 38.1 Å². The van der Waals surface area contributed by atoms with Gasteiger partial charge >= 0.3 is 6.09 Å². The third-order valence-corrected chi connectivity index (χ3v) is 16.7. The summed E-state index contributed by atoms with van der Waals surface area (Å²) in [7, 11) is -6.03. The van der Waals surface area contributed by atoms with Crippen LogP contribution in [0, 0.1) is 11.8 Å². The number of sulfonamides is 1. The van der Waals surface area contributed by atoms with E-state index in [1.165, 1.54) is 21.3 Å². The zero-order valence-electron chi connectivity index (χ0n) is 30.7. The fraction of sp³-hybridized carbons (Fsp3) is 0.639. The van der Waals surface area contributed by atoms with Gasteiger partial charge in [-0.25, -0.2) is 13.2 Å². The van der Waals surface area contributed by atoms with Gasteiger partial charge in [0.2, 0.25) is 16.8 Å². The quantitative estimate of drug-likeness (QED) is 0.173. The standard InChI is InChI=1S/C36H54N2O11SSi/c1-24(2)20-37(50(42,43)27-12-13-32-33(19-27)48-23-47-32)21-31(39)29(38(35(40)41)30-22-46-34-28(30)14-15-45-34)18-25-8-10-26(11-9-25)44-16-17-49-51(6,7)36(3,4)5/h8-13,19,24,28-31,34,39H,14-18,20-23H2,1-7H3,(H,40,41)/t28-,29-,30-,31+,34+/m0/s1. The topological polar surface area (TPSA) is 154 Å². The molecule has 3 heterocycles. The van der Waals surface area contributed by atoms with Crippen molar-refractivity contribution in [3.8, 4) is 17.2 Å². The highest BCUT2D eigenvalue weighted by Crippen LogP contribution is 2.38. The molecule has 15 heteroatoms. The maximum absolute atomic E-state index is 14.1. The molecular weight excluding hydrogens is 697 g/mol. The van der Waals surface area contributed by atoms with Crippen LogP contribution < -0.4 is 14.2 Å². The Labute approximate surface area is 302 Å². The summed E-state index contributed by atoms with van der Waals surface area (Å²) >= 11 is 0. The molecule has 5 rings (SSSR count). The monoisotopic (exact) mass is 750 g/mol. The number of benzene rings is 2. The number of hydrogen-bond donors (Lipinski definition) is 2. The van der Waals surface area contributed by atoms with Crippen molar-refractivity contribution >= 4 is 24.4 Å². The number of rotatable bonds is 16. The summed E-state index contributed by atoms with van der Waals surface area (Å²) in [5.41, 5.74) is 0.752. The van der Waals surface area contributed by atoms with Crippen molar-refractivity contribution < 1.29 is 51.5 Å². The summed E-state index contributed by atoms with van der Waals surface area (Å²) in [4.78, 5) is 14.3. The van der Waals surface area contributed by atoms with Crippen LogP contribution in [-0.2, 0) is 30.3 Å². The number of carboxylic acid groups (broad SMARTS) is 1. The first-order chi connectivity index (χ1) is 24.0. The average Bonchev–Trinajstić information content (AvgIpc) is 3.81. The highest BCUT2D eigenvalue weighted by molar-refractivity contribution is 7.89. The Bertz CT molecular complexity index is 1600. The predicted molar refractivity (Wildman–Crippen MR) is 192 cm³/mol. The maximum atomic E-state index is 14.1. The molecule has 1 amide bonds. The fourth-order valence-corrected chi connectivity index (χ4v) is 9.17. The first-order valence-electron chi connectivity index (χ1n) is 17.7. The second kappa shape index (κ2) is 16.0. The van der Waals surface area contributed by atoms with Crippen LogP contribution in [0.25, 0.3) is 0 Å². The Morgan fingerprint density at radius 2 is 1.73 bits per heavy atom. The van der Waals surface area contributed by atoms with Gasteiger partial charge in [0.05, 0.1) is 42.9 Å². The van der Waals surface area contributed by atoms with Gasteiger partial charge in [-0.2, -0.15) is 4.31 Å². The molecule has 51 heavy (non-hydrogen) atoms. The van der Waals surface area contributed by atoms with Crippen molar-refractivity contribution in [2.45, 2.75) is 95.0 Å². The SMILES string of the molecule is CC(C)CN(C[C@@H](O)[C@H](Cc1ccc(OCCO[Si](C)(C)C(C)(C)C)cc1)N(C(=O)O)[C@H]1CO[C@H]2OCC[C@H]21)S(=O)(=O)c1ccc2c(c1)OCO2. The van der Waals surface area contributed by atoms with Crippen molar-refractivity contribution in [2.75, 3.05) is 46.3 Å². The van der Waals surface area contributed by atoms with E-state index in [4.69, 9.17) is 28.1 Å².